The van der Waals surface area contributed by atoms with Crippen molar-refractivity contribution >= 4 is 34.2 Å². The molecule has 0 unspecified atom stereocenters. The number of carbonyl (C=O) groups is 1. The topological polar surface area (TPSA) is 74.4 Å². The second-order valence-corrected chi connectivity index (χ2v) is 7.91. The number of para-hydroxylation sites is 1. The van der Waals surface area contributed by atoms with Crippen LogP contribution in [0.5, 0.6) is 5.75 Å². The van der Waals surface area contributed by atoms with Crippen molar-refractivity contribution in [3.63, 3.8) is 0 Å². The number of rotatable bonds is 6. The van der Waals surface area contributed by atoms with Crippen molar-refractivity contribution in [3.8, 4) is 5.75 Å². The highest BCUT2D eigenvalue weighted by Crippen LogP contribution is 2.20. The molecule has 0 radical (unpaired) electrons. The molecule has 33 heavy (non-hydrogen) atoms. The molecule has 4 rings (SSSR count). The SMILES string of the molecule is COc1ccc2cc(CN(Cc3ccc(Cl)cc3)C(=O)Nc3ccccc3F)c(=O)[nH]c2c1. The number of nitrogens with one attached hydrogen (secondary N) is 2. The van der Waals surface area contributed by atoms with Crippen LogP contribution in [-0.2, 0) is 13.1 Å². The van der Waals surface area contributed by atoms with Crippen LogP contribution < -0.4 is 15.6 Å². The van der Waals surface area contributed by atoms with Crippen LogP contribution in [0.3, 0.4) is 0 Å². The van der Waals surface area contributed by atoms with Crippen LogP contribution in [0, 0.1) is 5.82 Å². The van der Waals surface area contributed by atoms with Crippen molar-refractivity contribution in [2.45, 2.75) is 13.1 Å². The summed E-state index contributed by atoms with van der Waals surface area (Å²) in [5.74, 6) is 0.0781. The van der Waals surface area contributed by atoms with Crippen LogP contribution in [0.25, 0.3) is 10.9 Å². The number of hydrogen-bond donors (Lipinski definition) is 2. The van der Waals surface area contributed by atoms with Gasteiger partial charge >= 0.3 is 6.03 Å². The van der Waals surface area contributed by atoms with Gasteiger partial charge in [0.05, 0.1) is 24.9 Å². The zero-order valence-electron chi connectivity index (χ0n) is 17.8. The molecule has 3 aromatic carbocycles. The molecule has 0 aliphatic heterocycles. The Kier molecular flexibility index (Phi) is 6.60. The standard InChI is InChI=1S/C25H21ClFN3O3/c1-33-20-11-8-17-12-18(24(31)28-23(17)13-20)15-30(14-16-6-9-19(26)10-7-16)25(32)29-22-5-3-2-4-21(22)27/h2-13H,14-15H2,1H3,(H,28,31)(H,29,32). The fourth-order valence-corrected chi connectivity index (χ4v) is 3.57. The van der Waals surface area contributed by atoms with E-state index in [0.717, 1.165) is 10.9 Å². The van der Waals surface area contributed by atoms with Gasteiger partial charge in [-0.2, -0.15) is 0 Å². The fourth-order valence-electron chi connectivity index (χ4n) is 3.44. The Hall–Kier alpha value is -3.84. The summed E-state index contributed by atoms with van der Waals surface area (Å²) in [6.07, 6.45) is 0. The van der Waals surface area contributed by atoms with E-state index >= 15 is 0 Å². The van der Waals surface area contributed by atoms with Crippen LogP contribution in [0.4, 0.5) is 14.9 Å². The van der Waals surface area contributed by atoms with E-state index in [0.29, 0.717) is 21.9 Å². The van der Waals surface area contributed by atoms with Crippen molar-refractivity contribution in [2.75, 3.05) is 12.4 Å². The number of anilines is 1. The maximum Gasteiger partial charge on any atom is 0.322 e. The van der Waals surface area contributed by atoms with E-state index in [1.165, 1.54) is 17.0 Å². The molecule has 0 bridgehead atoms. The van der Waals surface area contributed by atoms with Gasteiger partial charge in [0.15, 0.2) is 0 Å². The third kappa shape index (κ3) is 5.32. The van der Waals surface area contributed by atoms with Crippen molar-refractivity contribution in [3.05, 3.63) is 105 Å². The van der Waals surface area contributed by atoms with E-state index in [1.807, 2.05) is 6.07 Å². The number of pyridine rings is 1. The van der Waals surface area contributed by atoms with Gasteiger partial charge in [-0.15, -0.1) is 0 Å². The van der Waals surface area contributed by atoms with Crippen LogP contribution >= 0.6 is 11.6 Å². The summed E-state index contributed by atoms with van der Waals surface area (Å²) in [5.41, 5.74) is 1.57. The van der Waals surface area contributed by atoms with Gasteiger partial charge in [0.25, 0.3) is 5.56 Å². The quantitative estimate of drug-likeness (QED) is 0.391. The summed E-state index contributed by atoms with van der Waals surface area (Å²) in [4.78, 5) is 30.1. The van der Waals surface area contributed by atoms with Crippen LogP contribution in [-0.4, -0.2) is 23.0 Å². The van der Waals surface area contributed by atoms with Gasteiger partial charge in [-0.3, -0.25) is 4.79 Å². The third-order valence-electron chi connectivity index (χ3n) is 5.18. The molecule has 4 aromatic rings. The van der Waals surface area contributed by atoms with Crippen molar-refractivity contribution in [1.82, 2.24) is 9.88 Å². The zero-order valence-corrected chi connectivity index (χ0v) is 18.5. The maximum absolute atomic E-state index is 14.1. The molecule has 0 fully saturated rings. The minimum atomic E-state index is -0.546. The number of H-pyrrole nitrogens is 1. The minimum absolute atomic E-state index is 0.0141. The second-order valence-electron chi connectivity index (χ2n) is 7.47. The van der Waals surface area contributed by atoms with Crippen LogP contribution in [0.15, 0.2) is 77.6 Å². The Labute approximate surface area is 194 Å². The molecule has 2 N–H and O–H groups in total. The number of hydrogen-bond acceptors (Lipinski definition) is 3. The molecule has 6 nitrogen and oxygen atoms in total. The van der Waals surface area contributed by atoms with Gasteiger partial charge in [-0.1, -0.05) is 35.9 Å². The average Bonchev–Trinajstić information content (AvgIpc) is 2.81. The number of fused-ring (bicyclic) bond motifs is 1. The van der Waals surface area contributed by atoms with Crippen LogP contribution in [0.2, 0.25) is 5.02 Å². The first kappa shape index (κ1) is 22.4. The first-order valence-electron chi connectivity index (χ1n) is 10.2. The summed E-state index contributed by atoms with van der Waals surface area (Å²) in [7, 11) is 1.55. The lowest BCUT2D eigenvalue weighted by atomic mass is 10.1. The highest BCUT2D eigenvalue weighted by atomic mass is 35.5. The fraction of sp³-hybridized carbons (Fsp3) is 0.120. The van der Waals surface area contributed by atoms with E-state index in [9.17, 15) is 14.0 Å². The predicted octanol–water partition coefficient (Wildman–Crippen LogP) is 5.56. The van der Waals surface area contributed by atoms with E-state index in [-0.39, 0.29) is 24.3 Å². The molecular formula is C25H21ClFN3O3. The van der Waals surface area contributed by atoms with Gasteiger partial charge in [-0.05, 0) is 53.4 Å². The molecule has 2 amide bonds. The van der Waals surface area contributed by atoms with Gasteiger partial charge in [0, 0.05) is 23.2 Å². The predicted molar refractivity (Wildman–Crippen MR) is 127 cm³/mol. The van der Waals surface area contributed by atoms with Crippen LogP contribution in [0.1, 0.15) is 11.1 Å². The summed E-state index contributed by atoms with van der Waals surface area (Å²) in [6, 6.07) is 19.5. The van der Waals surface area contributed by atoms with E-state index in [2.05, 4.69) is 10.3 Å². The van der Waals surface area contributed by atoms with Crippen molar-refractivity contribution < 1.29 is 13.9 Å². The first-order chi connectivity index (χ1) is 15.9. The third-order valence-corrected chi connectivity index (χ3v) is 5.43. The van der Waals surface area contributed by atoms with E-state index in [4.69, 9.17) is 16.3 Å². The number of nitrogens with zero attached hydrogens (tertiary/aromatic N) is 1. The lowest BCUT2D eigenvalue weighted by Gasteiger charge is -2.23. The largest absolute Gasteiger partial charge is 0.497 e. The second kappa shape index (κ2) is 9.75. The van der Waals surface area contributed by atoms with Gasteiger partial charge in [0.2, 0.25) is 0 Å². The van der Waals surface area contributed by atoms with E-state index in [1.54, 1.807) is 61.7 Å². The Morgan fingerprint density at radius 1 is 1.06 bits per heavy atom. The Morgan fingerprint density at radius 2 is 1.82 bits per heavy atom. The molecule has 0 saturated carbocycles. The smallest absolute Gasteiger partial charge is 0.322 e. The Balaban J connectivity index is 1.65. The molecule has 0 aliphatic rings. The normalized spacial score (nSPS) is 10.8. The zero-order chi connectivity index (χ0) is 23.4. The summed E-state index contributed by atoms with van der Waals surface area (Å²) in [6.45, 7) is 0.206. The number of methoxy groups -OCH3 is 1. The Bertz CT molecular complexity index is 1360. The lowest BCUT2D eigenvalue weighted by Crippen LogP contribution is -2.36. The molecule has 1 heterocycles. The number of urea groups is 1. The molecule has 168 valence electrons. The number of aromatic nitrogens is 1. The molecule has 0 saturated heterocycles. The minimum Gasteiger partial charge on any atom is -0.497 e. The highest BCUT2D eigenvalue weighted by molar-refractivity contribution is 6.30. The van der Waals surface area contributed by atoms with E-state index < -0.39 is 11.8 Å². The number of amides is 2. The summed E-state index contributed by atoms with van der Waals surface area (Å²) < 4.78 is 19.3. The van der Waals surface area contributed by atoms with Gasteiger partial charge < -0.3 is 19.9 Å². The highest BCUT2D eigenvalue weighted by Gasteiger charge is 2.18. The molecule has 0 spiro atoms. The average molecular weight is 466 g/mol. The molecular weight excluding hydrogens is 445 g/mol. The first-order valence-corrected chi connectivity index (χ1v) is 10.6. The number of carbonyl (C=O) groups excluding carboxylic acids is 1. The number of aromatic amines is 1. The summed E-state index contributed by atoms with van der Waals surface area (Å²) >= 11 is 5.97. The monoisotopic (exact) mass is 465 g/mol. The molecule has 0 atom stereocenters. The van der Waals surface area contributed by atoms with Gasteiger partial charge in [-0.25, -0.2) is 9.18 Å². The molecule has 8 heteroatoms. The van der Waals surface area contributed by atoms with Gasteiger partial charge in [0.1, 0.15) is 11.6 Å². The van der Waals surface area contributed by atoms with Crippen molar-refractivity contribution in [1.29, 1.82) is 0 Å². The number of ether oxygens (including phenoxy) is 1. The number of halogens is 2. The maximum atomic E-state index is 14.1. The Morgan fingerprint density at radius 3 is 2.55 bits per heavy atom. The molecule has 1 aromatic heterocycles. The lowest BCUT2D eigenvalue weighted by molar-refractivity contribution is 0.206. The molecule has 0 aliphatic carbocycles. The van der Waals surface area contributed by atoms with Crippen molar-refractivity contribution in [2.24, 2.45) is 0 Å². The summed E-state index contributed by atoms with van der Waals surface area (Å²) in [5, 5.41) is 3.96. The number of benzene rings is 3.